The molecule has 1 aliphatic rings. The highest BCUT2D eigenvalue weighted by atomic mass is 79.9. The molecule has 1 aromatic rings. The maximum Gasteiger partial charge on any atom is 0.289 e. The molecule has 0 aliphatic heterocycles. The van der Waals surface area contributed by atoms with Crippen molar-refractivity contribution in [2.75, 3.05) is 11.9 Å². The molecule has 5 heteroatoms. The Hall–Kier alpha value is -0.840. The average Bonchev–Trinajstić information content (AvgIpc) is 2.83. The highest BCUT2D eigenvalue weighted by molar-refractivity contribution is 9.09. The number of nitrogens with zero attached hydrogens (tertiary/aromatic N) is 1. The van der Waals surface area contributed by atoms with Crippen molar-refractivity contribution in [1.29, 1.82) is 0 Å². The Labute approximate surface area is 116 Å². The topological polar surface area (TPSA) is 55.1 Å². The zero-order valence-corrected chi connectivity index (χ0v) is 12.3. The number of aryl methyl sites for hydroxylation is 1. The van der Waals surface area contributed by atoms with Crippen LogP contribution in [0, 0.1) is 12.3 Å². The third-order valence-electron chi connectivity index (χ3n) is 3.77. The Morgan fingerprint density at radius 2 is 2.22 bits per heavy atom. The molecule has 0 aromatic carbocycles. The van der Waals surface area contributed by atoms with Crippen molar-refractivity contribution in [1.82, 2.24) is 10.3 Å². The second kappa shape index (κ2) is 5.87. The van der Waals surface area contributed by atoms with Crippen LogP contribution in [0.15, 0.2) is 10.8 Å². The van der Waals surface area contributed by atoms with Gasteiger partial charge in [0.05, 0.1) is 5.69 Å². The summed E-state index contributed by atoms with van der Waals surface area (Å²) < 4.78 is 5.10. The Balaban J connectivity index is 1.94. The van der Waals surface area contributed by atoms with Gasteiger partial charge in [0, 0.05) is 11.9 Å². The second-order valence-electron chi connectivity index (χ2n) is 5.14. The summed E-state index contributed by atoms with van der Waals surface area (Å²) in [6.07, 6.45) is 7.47. The number of rotatable bonds is 4. The van der Waals surface area contributed by atoms with E-state index >= 15 is 0 Å². The van der Waals surface area contributed by atoms with Crippen LogP contribution in [0.3, 0.4) is 0 Å². The van der Waals surface area contributed by atoms with Crippen LogP contribution in [0.4, 0.5) is 0 Å². The molecule has 18 heavy (non-hydrogen) atoms. The quantitative estimate of drug-likeness (QED) is 0.869. The molecule has 1 amide bonds. The van der Waals surface area contributed by atoms with Crippen molar-refractivity contribution >= 4 is 21.8 Å². The fourth-order valence-corrected chi connectivity index (χ4v) is 3.29. The molecule has 1 aromatic heterocycles. The van der Waals surface area contributed by atoms with Gasteiger partial charge in [-0.1, -0.05) is 35.2 Å². The minimum Gasteiger partial charge on any atom is -0.438 e. The van der Waals surface area contributed by atoms with Crippen LogP contribution in [0.1, 0.15) is 48.4 Å². The highest BCUT2D eigenvalue weighted by Crippen LogP contribution is 2.37. The molecule has 2 rings (SSSR count). The molecule has 1 fully saturated rings. The van der Waals surface area contributed by atoms with Crippen LogP contribution in [0.2, 0.25) is 0 Å². The molecule has 1 saturated carbocycles. The molecule has 0 saturated heterocycles. The second-order valence-corrected chi connectivity index (χ2v) is 5.70. The number of alkyl halides is 1. The van der Waals surface area contributed by atoms with Crippen molar-refractivity contribution < 1.29 is 9.21 Å². The minimum atomic E-state index is -0.157. The number of amides is 1. The summed E-state index contributed by atoms with van der Waals surface area (Å²) in [6.45, 7) is 2.48. The van der Waals surface area contributed by atoms with Crippen LogP contribution < -0.4 is 5.32 Å². The van der Waals surface area contributed by atoms with Crippen molar-refractivity contribution in [2.45, 2.75) is 39.0 Å². The summed E-state index contributed by atoms with van der Waals surface area (Å²) in [7, 11) is 0. The molecule has 100 valence electrons. The minimum absolute atomic E-state index is 0.157. The first-order valence-electron chi connectivity index (χ1n) is 6.41. The van der Waals surface area contributed by atoms with Gasteiger partial charge < -0.3 is 9.73 Å². The lowest BCUT2D eigenvalue weighted by Gasteiger charge is -2.35. The molecule has 1 heterocycles. The van der Waals surface area contributed by atoms with E-state index in [9.17, 15) is 4.79 Å². The third kappa shape index (κ3) is 2.94. The van der Waals surface area contributed by atoms with E-state index in [0.717, 1.165) is 5.33 Å². The van der Waals surface area contributed by atoms with Crippen LogP contribution in [-0.2, 0) is 0 Å². The monoisotopic (exact) mass is 314 g/mol. The largest absolute Gasteiger partial charge is 0.438 e. The predicted octanol–water partition coefficient (Wildman–Crippen LogP) is 3.06. The SMILES string of the molecule is Cc1ncoc1C(=O)NCC1(CBr)CCCCC1. The number of halogens is 1. The number of oxazole rings is 1. The summed E-state index contributed by atoms with van der Waals surface area (Å²) in [6, 6.07) is 0. The van der Waals surface area contributed by atoms with Crippen LogP contribution in [0.25, 0.3) is 0 Å². The first kappa shape index (κ1) is 13.6. The molecule has 1 aliphatic carbocycles. The summed E-state index contributed by atoms with van der Waals surface area (Å²) in [4.78, 5) is 15.9. The van der Waals surface area contributed by atoms with Gasteiger partial charge in [0.15, 0.2) is 6.39 Å². The number of nitrogens with one attached hydrogen (secondary N) is 1. The smallest absolute Gasteiger partial charge is 0.289 e. The zero-order valence-electron chi connectivity index (χ0n) is 10.7. The van der Waals surface area contributed by atoms with E-state index in [1.165, 1.54) is 38.5 Å². The normalized spacial score (nSPS) is 18.6. The number of aromatic nitrogens is 1. The number of carbonyl (C=O) groups is 1. The molecule has 0 spiro atoms. The third-order valence-corrected chi connectivity index (χ3v) is 4.96. The summed E-state index contributed by atoms with van der Waals surface area (Å²) in [5.74, 6) is 0.173. The van der Waals surface area contributed by atoms with E-state index in [1.54, 1.807) is 6.92 Å². The standard InChI is InChI=1S/C13H19BrN2O2/c1-10-11(18-9-16-10)12(17)15-8-13(7-14)5-3-2-4-6-13/h9H,2-8H2,1H3,(H,15,17). The first-order valence-corrected chi connectivity index (χ1v) is 7.53. The molecule has 0 unspecified atom stereocenters. The Kier molecular flexibility index (Phi) is 4.43. The molecule has 0 radical (unpaired) electrons. The lowest BCUT2D eigenvalue weighted by atomic mass is 9.75. The Morgan fingerprint density at radius 3 is 2.78 bits per heavy atom. The fourth-order valence-electron chi connectivity index (χ4n) is 2.53. The summed E-state index contributed by atoms with van der Waals surface area (Å²) in [5.41, 5.74) is 0.853. The highest BCUT2D eigenvalue weighted by Gasteiger charge is 2.31. The van der Waals surface area contributed by atoms with E-state index in [2.05, 4.69) is 26.2 Å². The molecular weight excluding hydrogens is 296 g/mol. The lowest BCUT2D eigenvalue weighted by molar-refractivity contribution is 0.0893. The number of carbonyl (C=O) groups excluding carboxylic acids is 1. The van der Waals surface area contributed by atoms with Gasteiger partial charge in [-0.25, -0.2) is 4.98 Å². The molecular formula is C13H19BrN2O2. The molecule has 1 N–H and O–H groups in total. The average molecular weight is 315 g/mol. The zero-order chi connectivity index (χ0) is 13.0. The Morgan fingerprint density at radius 1 is 1.50 bits per heavy atom. The fraction of sp³-hybridized carbons (Fsp3) is 0.692. The molecule has 0 bridgehead atoms. The van der Waals surface area contributed by atoms with Crippen LogP contribution >= 0.6 is 15.9 Å². The van der Waals surface area contributed by atoms with E-state index in [4.69, 9.17) is 4.42 Å². The predicted molar refractivity (Wildman–Crippen MR) is 72.9 cm³/mol. The van der Waals surface area contributed by atoms with Gasteiger partial charge >= 0.3 is 0 Å². The van der Waals surface area contributed by atoms with Gasteiger partial charge in [0.25, 0.3) is 5.91 Å². The van der Waals surface area contributed by atoms with E-state index in [0.29, 0.717) is 18.0 Å². The molecule has 0 atom stereocenters. The summed E-state index contributed by atoms with van der Waals surface area (Å²) >= 11 is 3.59. The van der Waals surface area contributed by atoms with Gasteiger partial charge in [-0.3, -0.25) is 4.79 Å². The maximum atomic E-state index is 12.0. The van der Waals surface area contributed by atoms with Gasteiger partial charge in [-0.15, -0.1) is 0 Å². The Bertz CT molecular complexity index is 411. The van der Waals surface area contributed by atoms with Gasteiger partial charge in [0.1, 0.15) is 0 Å². The van der Waals surface area contributed by atoms with Crippen LogP contribution in [-0.4, -0.2) is 22.8 Å². The number of hydrogen-bond donors (Lipinski definition) is 1. The van der Waals surface area contributed by atoms with Gasteiger partial charge in [-0.2, -0.15) is 0 Å². The van der Waals surface area contributed by atoms with E-state index < -0.39 is 0 Å². The van der Waals surface area contributed by atoms with Crippen molar-refractivity contribution in [3.63, 3.8) is 0 Å². The van der Waals surface area contributed by atoms with Crippen molar-refractivity contribution in [3.8, 4) is 0 Å². The van der Waals surface area contributed by atoms with Gasteiger partial charge in [-0.05, 0) is 25.2 Å². The first-order chi connectivity index (χ1) is 8.67. The maximum absolute atomic E-state index is 12.0. The van der Waals surface area contributed by atoms with Gasteiger partial charge in [0.2, 0.25) is 5.76 Å². The van der Waals surface area contributed by atoms with Crippen molar-refractivity contribution in [3.05, 3.63) is 17.8 Å². The van der Waals surface area contributed by atoms with E-state index in [-0.39, 0.29) is 11.3 Å². The lowest BCUT2D eigenvalue weighted by Crippen LogP contribution is -2.40. The molecule has 4 nitrogen and oxygen atoms in total. The number of hydrogen-bond acceptors (Lipinski definition) is 3. The van der Waals surface area contributed by atoms with Crippen molar-refractivity contribution in [2.24, 2.45) is 5.41 Å². The van der Waals surface area contributed by atoms with E-state index in [1.807, 2.05) is 0 Å². The summed E-state index contributed by atoms with van der Waals surface area (Å²) in [5, 5.41) is 3.92. The van der Waals surface area contributed by atoms with Crippen LogP contribution in [0.5, 0.6) is 0 Å².